The summed E-state index contributed by atoms with van der Waals surface area (Å²) < 4.78 is 11.9. The van der Waals surface area contributed by atoms with Crippen molar-refractivity contribution in [1.82, 2.24) is 0 Å². The van der Waals surface area contributed by atoms with E-state index < -0.39 is 0 Å². The van der Waals surface area contributed by atoms with Crippen LogP contribution in [-0.4, -0.2) is 12.7 Å². The first-order valence-corrected chi connectivity index (χ1v) is 6.67. The maximum Gasteiger partial charge on any atom is 0.184 e. The van der Waals surface area contributed by atoms with Gasteiger partial charge in [-0.2, -0.15) is 0 Å². The Labute approximate surface area is 104 Å². The zero-order chi connectivity index (χ0) is 12.1. The average Bonchev–Trinajstić information content (AvgIpc) is 2.40. The summed E-state index contributed by atoms with van der Waals surface area (Å²) in [5.41, 5.74) is 1.13. The Bertz CT molecular complexity index is 323. The van der Waals surface area contributed by atoms with Crippen LogP contribution in [-0.2, 0) is 9.47 Å². The topological polar surface area (TPSA) is 18.5 Å². The quantitative estimate of drug-likeness (QED) is 0.786. The molecule has 1 fully saturated rings. The van der Waals surface area contributed by atoms with Gasteiger partial charge in [-0.1, -0.05) is 50.6 Å². The summed E-state index contributed by atoms with van der Waals surface area (Å²) in [5, 5.41) is 0. The first-order chi connectivity index (χ1) is 8.35. The van der Waals surface area contributed by atoms with E-state index in [2.05, 4.69) is 26.0 Å². The molecule has 1 heterocycles. The SMILES string of the molecule is CCCC1OC(c2ccccc2)OCC1CC. The standard InChI is InChI=1S/C15H22O2/c1-3-8-14-12(4-2)11-16-15(17-14)13-9-6-5-7-10-13/h5-7,9-10,12,14-15H,3-4,8,11H2,1-2H3. The molecule has 0 saturated carbocycles. The number of hydrogen-bond acceptors (Lipinski definition) is 2. The fourth-order valence-corrected chi connectivity index (χ4v) is 2.38. The molecule has 2 heteroatoms. The summed E-state index contributed by atoms with van der Waals surface area (Å²) in [7, 11) is 0. The largest absolute Gasteiger partial charge is 0.348 e. The summed E-state index contributed by atoms with van der Waals surface area (Å²) in [6.07, 6.45) is 3.61. The molecule has 0 bridgehead atoms. The summed E-state index contributed by atoms with van der Waals surface area (Å²) in [5.74, 6) is 0.551. The smallest absolute Gasteiger partial charge is 0.184 e. The van der Waals surface area contributed by atoms with E-state index in [9.17, 15) is 0 Å². The molecule has 0 spiro atoms. The van der Waals surface area contributed by atoms with E-state index in [1.165, 1.54) is 6.42 Å². The highest BCUT2D eigenvalue weighted by molar-refractivity contribution is 5.16. The summed E-state index contributed by atoms with van der Waals surface area (Å²) in [4.78, 5) is 0. The highest BCUT2D eigenvalue weighted by atomic mass is 16.7. The second-order valence-electron chi connectivity index (χ2n) is 4.71. The van der Waals surface area contributed by atoms with Crippen LogP contribution in [0.1, 0.15) is 45.0 Å². The van der Waals surface area contributed by atoms with Gasteiger partial charge in [0.1, 0.15) is 0 Å². The average molecular weight is 234 g/mol. The molecule has 17 heavy (non-hydrogen) atoms. The molecule has 0 radical (unpaired) electrons. The van der Waals surface area contributed by atoms with E-state index in [1.807, 2.05) is 18.2 Å². The third-order valence-electron chi connectivity index (χ3n) is 3.46. The van der Waals surface area contributed by atoms with Gasteiger partial charge >= 0.3 is 0 Å². The van der Waals surface area contributed by atoms with Gasteiger partial charge in [-0.25, -0.2) is 0 Å². The third kappa shape index (κ3) is 3.08. The zero-order valence-corrected chi connectivity index (χ0v) is 10.8. The Morgan fingerprint density at radius 3 is 2.59 bits per heavy atom. The number of rotatable bonds is 4. The second-order valence-corrected chi connectivity index (χ2v) is 4.71. The molecule has 2 rings (SSSR count). The molecule has 2 nitrogen and oxygen atoms in total. The predicted molar refractivity (Wildman–Crippen MR) is 68.7 cm³/mol. The lowest BCUT2D eigenvalue weighted by molar-refractivity contribution is -0.243. The second kappa shape index (κ2) is 6.18. The summed E-state index contributed by atoms with van der Waals surface area (Å²) >= 11 is 0. The molecule has 1 aliphatic heterocycles. The van der Waals surface area contributed by atoms with Crippen molar-refractivity contribution in [3.05, 3.63) is 35.9 Å². The minimum atomic E-state index is -0.171. The molecule has 0 amide bonds. The third-order valence-corrected chi connectivity index (χ3v) is 3.46. The van der Waals surface area contributed by atoms with E-state index in [1.54, 1.807) is 0 Å². The van der Waals surface area contributed by atoms with E-state index in [0.29, 0.717) is 12.0 Å². The Kier molecular flexibility index (Phi) is 4.57. The molecule has 3 atom stereocenters. The van der Waals surface area contributed by atoms with Gasteiger partial charge in [0.25, 0.3) is 0 Å². The first-order valence-electron chi connectivity index (χ1n) is 6.67. The van der Waals surface area contributed by atoms with Crippen LogP contribution in [0.4, 0.5) is 0 Å². The normalized spacial score (nSPS) is 29.2. The van der Waals surface area contributed by atoms with Crippen molar-refractivity contribution in [2.24, 2.45) is 5.92 Å². The molecule has 1 aromatic carbocycles. The van der Waals surface area contributed by atoms with Crippen molar-refractivity contribution < 1.29 is 9.47 Å². The summed E-state index contributed by atoms with van der Waals surface area (Å²) in [6.45, 7) is 5.24. The molecule has 1 saturated heterocycles. The number of benzene rings is 1. The van der Waals surface area contributed by atoms with Crippen LogP contribution in [0.15, 0.2) is 30.3 Å². The van der Waals surface area contributed by atoms with Gasteiger partial charge in [0.2, 0.25) is 0 Å². The highest BCUT2D eigenvalue weighted by Crippen LogP contribution is 2.32. The minimum absolute atomic E-state index is 0.171. The van der Waals surface area contributed by atoms with Crippen LogP contribution in [0, 0.1) is 5.92 Å². The molecule has 0 N–H and O–H groups in total. The number of hydrogen-bond donors (Lipinski definition) is 0. The molecular weight excluding hydrogens is 212 g/mol. The van der Waals surface area contributed by atoms with Crippen LogP contribution < -0.4 is 0 Å². The zero-order valence-electron chi connectivity index (χ0n) is 10.8. The van der Waals surface area contributed by atoms with Gasteiger partial charge in [0.15, 0.2) is 6.29 Å². The Morgan fingerprint density at radius 1 is 1.18 bits per heavy atom. The van der Waals surface area contributed by atoms with Crippen LogP contribution in [0.25, 0.3) is 0 Å². The van der Waals surface area contributed by atoms with E-state index in [4.69, 9.17) is 9.47 Å². The van der Waals surface area contributed by atoms with Crippen LogP contribution in [0.3, 0.4) is 0 Å². The first kappa shape index (κ1) is 12.6. The van der Waals surface area contributed by atoms with Gasteiger partial charge in [0, 0.05) is 11.5 Å². The Morgan fingerprint density at radius 2 is 1.94 bits per heavy atom. The van der Waals surface area contributed by atoms with Crippen molar-refractivity contribution in [3.63, 3.8) is 0 Å². The molecular formula is C15H22O2. The van der Waals surface area contributed by atoms with Crippen molar-refractivity contribution in [2.45, 2.75) is 45.5 Å². The molecule has 1 aliphatic rings. The lowest BCUT2D eigenvalue weighted by Gasteiger charge is -2.36. The van der Waals surface area contributed by atoms with Gasteiger partial charge in [-0.15, -0.1) is 0 Å². The molecule has 3 unspecified atom stereocenters. The van der Waals surface area contributed by atoms with Gasteiger partial charge in [0.05, 0.1) is 12.7 Å². The fraction of sp³-hybridized carbons (Fsp3) is 0.600. The maximum absolute atomic E-state index is 6.09. The predicted octanol–water partition coefficient (Wildman–Crippen LogP) is 3.93. The minimum Gasteiger partial charge on any atom is -0.348 e. The maximum atomic E-state index is 6.09. The monoisotopic (exact) mass is 234 g/mol. The Hall–Kier alpha value is -0.860. The van der Waals surface area contributed by atoms with Crippen LogP contribution in [0.5, 0.6) is 0 Å². The lowest BCUT2D eigenvalue weighted by atomic mass is 9.95. The lowest BCUT2D eigenvalue weighted by Crippen LogP contribution is -2.35. The van der Waals surface area contributed by atoms with E-state index in [-0.39, 0.29) is 6.29 Å². The van der Waals surface area contributed by atoms with Crippen molar-refractivity contribution in [2.75, 3.05) is 6.61 Å². The molecule has 1 aromatic rings. The van der Waals surface area contributed by atoms with Crippen LogP contribution >= 0.6 is 0 Å². The van der Waals surface area contributed by atoms with Crippen molar-refractivity contribution in [3.8, 4) is 0 Å². The molecule has 0 aliphatic carbocycles. The Balaban J connectivity index is 2.03. The van der Waals surface area contributed by atoms with Gasteiger partial charge in [-0.3, -0.25) is 0 Å². The van der Waals surface area contributed by atoms with Gasteiger partial charge in [-0.05, 0) is 12.8 Å². The van der Waals surface area contributed by atoms with Gasteiger partial charge < -0.3 is 9.47 Å². The van der Waals surface area contributed by atoms with E-state index >= 15 is 0 Å². The number of ether oxygens (including phenoxy) is 2. The summed E-state index contributed by atoms with van der Waals surface area (Å²) in [6, 6.07) is 10.2. The van der Waals surface area contributed by atoms with Crippen LogP contribution in [0.2, 0.25) is 0 Å². The fourth-order valence-electron chi connectivity index (χ4n) is 2.38. The van der Waals surface area contributed by atoms with Crippen molar-refractivity contribution in [1.29, 1.82) is 0 Å². The van der Waals surface area contributed by atoms with E-state index in [0.717, 1.165) is 25.0 Å². The van der Waals surface area contributed by atoms with Crippen molar-refractivity contribution >= 4 is 0 Å². The highest BCUT2D eigenvalue weighted by Gasteiger charge is 2.30. The molecule has 0 aromatic heterocycles. The molecule has 94 valence electrons.